The van der Waals surface area contributed by atoms with Crippen molar-refractivity contribution in [2.24, 2.45) is 0 Å². The maximum Gasteiger partial charge on any atom is -1.00 e. The molecule has 0 spiro atoms. The van der Waals surface area contributed by atoms with Crippen molar-refractivity contribution in [2.45, 2.75) is 21.1 Å². The minimum absolute atomic E-state index is 0. The first-order valence-electron chi connectivity index (χ1n) is 9.83. The van der Waals surface area contributed by atoms with E-state index in [0.29, 0.717) is 7.25 Å². The third-order valence-electron chi connectivity index (χ3n) is 5.30. The fourth-order valence-electron chi connectivity index (χ4n) is 4.03. The third-order valence-corrected chi connectivity index (χ3v) is 9.42. The summed E-state index contributed by atoms with van der Waals surface area (Å²) in [6.45, 7) is 7.13. The summed E-state index contributed by atoms with van der Waals surface area (Å²) in [5, 5.41) is 0. The van der Waals surface area contributed by atoms with Gasteiger partial charge in [0, 0.05) is 0 Å². The molecule has 2 atom stereocenters. The van der Waals surface area contributed by atoms with Crippen LogP contribution < -0.4 is 24.8 Å². The predicted molar refractivity (Wildman–Crippen MR) is 107 cm³/mol. The maximum absolute atomic E-state index is 5.73. The van der Waals surface area contributed by atoms with E-state index in [9.17, 15) is 0 Å². The molecule has 0 saturated carbocycles. The van der Waals surface area contributed by atoms with E-state index in [1.807, 2.05) is 0 Å². The van der Waals surface area contributed by atoms with E-state index >= 15 is 0 Å². The second-order valence-corrected chi connectivity index (χ2v) is 10.8. The van der Waals surface area contributed by atoms with Crippen LogP contribution in [0.3, 0.4) is 0 Å². The van der Waals surface area contributed by atoms with Gasteiger partial charge in [0.25, 0.3) is 0 Å². The van der Waals surface area contributed by atoms with Gasteiger partial charge < -0.3 is 24.8 Å². The molecule has 0 fully saturated rings. The Morgan fingerprint density at radius 1 is 0.690 bits per heavy atom. The van der Waals surface area contributed by atoms with Gasteiger partial charge in [-0.05, 0) is 0 Å². The summed E-state index contributed by atoms with van der Waals surface area (Å²) in [6.07, 6.45) is 5.01. The summed E-state index contributed by atoms with van der Waals surface area (Å²) in [6, 6.07) is 17.8. The van der Waals surface area contributed by atoms with Crippen molar-refractivity contribution in [1.29, 1.82) is 0 Å². The Morgan fingerprint density at radius 3 is 1.52 bits per heavy atom. The number of hydrogen-bond donors (Lipinski definition) is 0. The van der Waals surface area contributed by atoms with Gasteiger partial charge in [-0.2, -0.15) is 0 Å². The summed E-state index contributed by atoms with van der Waals surface area (Å²) in [5.74, 6) is 0. The summed E-state index contributed by atoms with van der Waals surface area (Å²) < 4.78 is 12.7. The number of allylic oxidation sites excluding steroid dienone is 2. The number of fused-ring (bicyclic) bond motifs is 2. The predicted octanol–water partition coefficient (Wildman–Crippen LogP) is -0.573. The maximum atomic E-state index is 5.73. The minimum Gasteiger partial charge on any atom is -1.00 e. The van der Waals surface area contributed by atoms with Crippen LogP contribution >= 0.6 is 0 Å². The molecule has 0 aromatic heterocycles. The van der Waals surface area contributed by atoms with E-state index < -0.39 is 23.2 Å². The fraction of sp³-hybridized carbons (Fsp3) is 0.333. The van der Waals surface area contributed by atoms with Crippen molar-refractivity contribution in [3.05, 3.63) is 82.9 Å². The SMILES string of the molecule is CCOCC1=C[CH]([Zr+2][CH]2C=C(COCC)c3ccccc32)c2ccccc21.[Cl-].[Cl-]. The molecule has 2 aromatic carbocycles. The van der Waals surface area contributed by atoms with Crippen LogP contribution in [0.15, 0.2) is 60.7 Å². The van der Waals surface area contributed by atoms with Crippen molar-refractivity contribution in [2.75, 3.05) is 26.4 Å². The summed E-state index contributed by atoms with van der Waals surface area (Å²) >= 11 is -0.768. The zero-order chi connectivity index (χ0) is 18.6. The molecule has 152 valence electrons. The molecular formula is C24H26Cl2O2Zr. The van der Waals surface area contributed by atoms with Crippen LogP contribution in [0.2, 0.25) is 0 Å². The average Bonchev–Trinajstić information content (AvgIpc) is 3.24. The zero-order valence-electron chi connectivity index (χ0n) is 16.8. The van der Waals surface area contributed by atoms with Crippen LogP contribution in [0, 0.1) is 0 Å². The molecule has 29 heavy (non-hydrogen) atoms. The molecule has 4 rings (SSSR count). The van der Waals surface area contributed by atoms with Crippen molar-refractivity contribution in [1.82, 2.24) is 0 Å². The molecule has 0 saturated heterocycles. The molecule has 0 heterocycles. The molecule has 0 amide bonds. The van der Waals surface area contributed by atoms with E-state index in [4.69, 9.17) is 9.47 Å². The van der Waals surface area contributed by atoms with Gasteiger partial charge in [-0.25, -0.2) is 0 Å². The summed E-state index contributed by atoms with van der Waals surface area (Å²) in [7, 11) is 0. The monoisotopic (exact) mass is 506 g/mol. The molecule has 2 aliphatic rings. The Hall–Kier alpha value is -0.697. The first-order valence-corrected chi connectivity index (χ1v) is 12.7. The van der Waals surface area contributed by atoms with E-state index in [0.717, 1.165) is 26.4 Å². The second kappa shape index (κ2) is 11.6. The van der Waals surface area contributed by atoms with Crippen LogP contribution in [-0.2, 0) is 32.7 Å². The Balaban J connectivity index is 0.00000150. The smallest absolute Gasteiger partial charge is 1.00 e. The van der Waals surface area contributed by atoms with Crippen LogP contribution in [0.4, 0.5) is 0 Å². The molecule has 2 nitrogen and oxygen atoms in total. The average molecular weight is 509 g/mol. The van der Waals surface area contributed by atoms with E-state index in [1.165, 1.54) is 33.4 Å². The fourth-order valence-corrected chi connectivity index (χ4v) is 8.56. The number of hydrogen-bond acceptors (Lipinski definition) is 2. The van der Waals surface area contributed by atoms with E-state index in [2.05, 4.69) is 74.5 Å². The summed E-state index contributed by atoms with van der Waals surface area (Å²) in [5.41, 5.74) is 8.60. The Morgan fingerprint density at radius 2 is 1.10 bits per heavy atom. The quantitative estimate of drug-likeness (QED) is 0.476. The summed E-state index contributed by atoms with van der Waals surface area (Å²) in [4.78, 5) is 0. The normalized spacial score (nSPS) is 18.6. The molecule has 2 aliphatic carbocycles. The molecule has 0 bridgehead atoms. The van der Waals surface area contributed by atoms with Crippen molar-refractivity contribution in [3.8, 4) is 0 Å². The Kier molecular flexibility index (Phi) is 9.85. The van der Waals surface area contributed by atoms with Gasteiger partial charge in [0.2, 0.25) is 0 Å². The van der Waals surface area contributed by atoms with E-state index in [-0.39, 0.29) is 24.8 Å². The topological polar surface area (TPSA) is 18.5 Å². The van der Waals surface area contributed by atoms with E-state index in [1.54, 1.807) is 0 Å². The first-order chi connectivity index (χ1) is 13.3. The number of rotatable bonds is 8. The number of benzene rings is 2. The second-order valence-electron chi connectivity index (χ2n) is 6.95. The molecule has 2 unspecified atom stereocenters. The third kappa shape index (κ3) is 5.32. The molecule has 0 N–H and O–H groups in total. The molecular weight excluding hydrogens is 482 g/mol. The van der Waals surface area contributed by atoms with Gasteiger partial charge in [0.05, 0.1) is 0 Å². The van der Waals surface area contributed by atoms with Gasteiger partial charge in [-0.15, -0.1) is 0 Å². The van der Waals surface area contributed by atoms with Crippen molar-refractivity contribution >= 4 is 11.1 Å². The van der Waals surface area contributed by atoms with Crippen LogP contribution in [0.25, 0.3) is 11.1 Å². The van der Waals surface area contributed by atoms with Crippen LogP contribution in [-0.4, -0.2) is 26.4 Å². The van der Waals surface area contributed by atoms with Gasteiger partial charge in [-0.3, -0.25) is 0 Å². The first kappa shape index (κ1) is 24.6. The minimum atomic E-state index is -0.768. The van der Waals surface area contributed by atoms with Gasteiger partial charge in [0.15, 0.2) is 0 Å². The Bertz CT molecular complexity index is 807. The molecule has 5 heteroatoms. The van der Waals surface area contributed by atoms with Crippen LogP contribution in [0.1, 0.15) is 43.4 Å². The largest absolute Gasteiger partial charge is 1.00 e. The zero-order valence-corrected chi connectivity index (χ0v) is 20.8. The van der Waals surface area contributed by atoms with Gasteiger partial charge in [0.1, 0.15) is 0 Å². The van der Waals surface area contributed by atoms with Gasteiger partial charge in [-0.1, -0.05) is 0 Å². The standard InChI is InChI=1S/2C12H13O.2ClH.Zr/c2*1-2-13-9-11-8-7-10-5-3-4-6-12(10)11;;;/h2*3-8H,2,9H2,1H3;2*1H;/q;;;;+2/p-2. The number of ether oxygens (including phenoxy) is 2. The Labute approximate surface area is 198 Å². The van der Waals surface area contributed by atoms with Crippen molar-refractivity contribution < 1.29 is 57.5 Å². The van der Waals surface area contributed by atoms with Crippen molar-refractivity contribution in [3.63, 3.8) is 0 Å². The molecule has 0 aliphatic heterocycles. The van der Waals surface area contributed by atoms with Crippen LogP contribution in [0.5, 0.6) is 0 Å². The molecule has 2 aromatic rings. The number of halogens is 2. The molecule has 0 radical (unpaired) electrons. The van der Waals surface area contributed by atoms with Gasteiger partial charge >= 0.3 is 174 Å².